The van der Waals surface area contributed by atoms with Gasteiger partial charge in [0.15, 0.2) is 6.61 Å². The first-order chi connectivity index (χ1) is 13.9. The van der Waals surface area contributed by atoms with Gasteiger partial charge in [0.2, 0.25) is 10.0 Å². The van der Waals surface area contributed by atoms with Gasteiger partial charge in [-0.15, -0.1) is 0 Å². The zero-order valence-electron chi connectivity index (χ0n) is 16.1. The van der Waals surface area contributed by atoms with E-state index in [4.69, 9.17) is 9.47 Å². The van der Waals surface area contributed by atoms with Crippen LogP contribution in [-0.2, 0) is 26.1 Å². The molecule has 1 amide bonds. The van der Waals surface area contributed by atoms with Crippen LogP contribution in [0.4, 0.5) is 0 Å². The van der Waals surface area contributed by atoms with Gasteiger partial charge in [0.1, 0.15) is 5.75 Å². The largest absolute Gasteiger partial charge is 0.484 e. The van der Waals surface area contributed by atoms with Crippen LogP contribution < -0.4 is 4.74 Å². The smallest absolute Gasteiger partial charge is 0.260 e. The molecule has 156 valence electrons. The molecule has 29 heavy (non-hydrogen) atoms. The molecule has 7 nitrogen and oxygen atoms in total. The highest BCUT2D eigenvalue weighted by Gasteiger charge is 2.26. The number of morpholine rings is 1. The van der Waals surface area contributed by atoms with Crippen LogP contribution in [0.5, 0.6) is 5.75 Å². The van der Waals surface area contributed by atoms with Crippen molar-refractivity contribution in [2.45, 2.75) is 11.4 Å². The summed E-state index contributed by atoms with van der Waals surface area (Å²) in [5, 5.41) is 0. The number of amides is 1. The van der Waals surface area contributed by atoms with E-state index in [-0.39, 0.29) is 17.4 Å². The molecule has 0 saturated carbocycles. The molecule has 1 fully saturated rings. The number of hydrogen-bond donors (Lipinski definition) is 0. The monoisotopic (exact) mass is 482 g/mol. The minimum atomic E-state index is -3.54. The van der Waals surface area contributed by atoms with Gasteiger partial charge in [0.25, 0.3) is 5.91 Å². The molecule has 0 aliphatic carbocycles. The van der Waals surface area contributed by atoms with Crippen molar-refractivity contribution in [1.29, 1.82) is 0 Å². The number of rotatable bonds is 7. The van der Waals surface area contributed by atoms with E-state index in [1.807, 2.05) is 24.3 Å². The molecule has 1 aliphatic heterocycles. The summed E-state index contributed by atoms with van der Waals surface area (Å²) in [5.74, 6) is 0.263. The fraction of sp³-hybridized carbons (Fsp3) is 0.350. The Hall–Kier alpha value is -1.94. The normalized spacial score (nSPS) is 15.1. The van der Waals surface area contributed by atoms with Gasteiger partial charge in [-0.25, -0.2) is 8.42 Å². The van der Waals surface area contributed by atoms with Gasteiger partial charge in [0, 0.05) is 31.2 Å². The Bertz CT molecular complexity index is 944. The topological polar surface area (TPSA) is 76.2 Å². The van der Waals surface area contributed by atoms with E-state index in [0.717, 1.165) is 10.0 Å². The summed E-state index contributed by atoms with van der Waals surface area (Å²) < 4.78 is 38.3. The molecule has 9 heteroatoms. The lowest BCUT2D eigenvalue weighted by Gasteiger charge is -2.26. The summed E-state index contributed by atoms with van der Waals surface area (Å²) in [7, 11) is -1.83. The van der Waals surface area contributed by atoms with Crippen molar-refractivity contribution in [2.75, 3.05) is 40.0 Å². The van der Waals surface area contributed by atoms with E-state index in [9.17, 15) is 13.2 Å². The van der Waals surface area contributed by atoms with Gasteiger partial charge in [-0.1, -0.05) is 34.1 Å². The first-order valence-electron chi connectivity index (χ1n) is 9.16. The van der Waals surface area contributed by atoms with E-state index in [2.05, 4.69) is 15.9 Å². The Morgan fingerprint density at radius 1 is 1.14 bits per heavy atom. The van der Waals surface area contributed by atoms with Gasteiger partial charge < -0.3 is 14.4 Å². The van der Waals surface area contributed by atoms with E-state index in [1.165, 1.54) is 16.4 Å². The van der Waals surface area contributed by atoms with Gasteiger partial charge in [0.05, 0.1) is 18.1 Å². The molecule has 1 aliphatic rings. The summed E-state index contributed by atoms with van der Waals surface area (Å²) in [4.78, 5) is 14.1. The maximum Gasteiger partial charge on any atom is 0.260 e. The van der Waals surface area contributed by atoms with E-state index >= 15 is 0 Å². The highest BCUT2D eigenvalue weighted by molar-refractivity contribution is 9.10. The molecular weight excluding hydrogens is 460 g/mol. The summed E-state index contributed by atoms with van der Waals surface area (Å²) >= 11 is 3.47. The fourth-order valence-corrected chi connectivity index (χ4v) is 4.69. The maximum atomic E-state index is 12.6. The van der Waals surface area contributed by atoms with Crippen LogP contribution in [0.1, 0.15) is 5.56 Å². The summed E-state index contributed by atoms with van der Waals surface area (Å²) in [6.45, 7) is 1.82. The predicted molar refractivity (Wildman–Crippen MR) is 112 cm³/mol. The summed E-state index contributed by atoms with van der Waals surface area (Å²) in [5.41, 5.74) is 1.00. The third-order valence-corrected chi connectivity index (χ3v) is 7.27. The SMILES string of the molecule is CN(Cc1ccccc1Br)C(=O)COc1ccc(S(=O)(=O)N2CCOCC2)cc1. The quantitative estimate of drug-likeness (QED) is 0.605. The Balaban J connectivity index is 1.55. The van der Waals surface area contributed by atoms with Crippen molar-refractivity contribution in [2.24, 2.45) is 0 Å². The molecule has 3 rings (SSSR count). The third kappa shape index (κ3) is 5.57. The second-order valence-electron chi connectivity index (χ2n) is 6.62. The second-order valence-corrected chi connectivity index (χ2v) is 9.41. The number of benzene rings is 2. The van der Waals surface area contributed by atoms with Crippen molar-refractivity contribution in [1.82, 2.24) is 9.21 Å². The van der Waals surface area contributed by atoms with E-state index in [0.29, 0.717) is 38.6 Å². The van der Waals surface area contributed by atoms with Gasteiger partial charge in [-0.2, -0.15) is 4.31 Å². The molecule has 2 aromatic carbocycles. The lowest BCUT2D eigenvalue weighted by molar-refractivity contribution is -0.132. The molecule has 2 aromatic rings. The lowest BCUT2D eigenvalue weighted by atomic mass is 10.2. The summed E-state index contributed by atoms with van der Waals surface area (Å²) in [6, 6.07) is 13.8. The molecule has 0 atom stereocenters. The van der Waals surface area contributed by atoms with Crippen molar-refractivity contribution >= 4 is 31.9 Å². The minimum Gasteiger partial charge on any atom is -0.484 e. The molecule has 0 unspecified atom stereocenters. The van der Waals surface area contributed by atoms with Crippen LogP contribution in [0.25, 0.3) is 0 Å². The molecule has 0 bridgehead atoms. The minimum absolute atomic E-state index is 0.128. The molecule has 0 aromatic heterocycles. The number of carbonyl (C=O) groups excluding carboxylic acids is 1. The molecule has 1 heterocycles. The van der Waals surface area contributed by atoms with Crippen molar-refractivity contribution in [3.8, 4) is 5.75 Å². The molecule has 0 radical (unpaired) electrons. The summed E-state index contributed by atoms with van der Waals surface area (Å²) in [6.07, 6.45) is 0. The second kappa shape index (κ2) is 9.71. The first-order valence-corrected chi connectivity index (χ1v) is 11.4. The zero-order valence-corrected chi connectivity index (χ0v) is 18.5. The number of halogens is 1. The van der Waals surface area contributed by atoms with E-state index in [1.54, 1.807) is 24.1 Å². The Kier molecular flexibility index (Phi) is 7.28. The zero-order chi connectivity index (χ0) is 20.9. The number of likely N-dealkylation sites (N-methyl/N-ethyl adjacent to an activating group) is 1. The van der Waals surface area contributed by atoms with Crippen LogP contribution in [0.15, 0.2) is 57.9 Å². The van der Waals surface area contributed by atoms with Crippen LogP contribution >= 0.6 is 15.9 Å². The standard InChI is InChI=1S/C20H23BrN2O5S/c1-22(14-16-4-2-3-5-19(16)21)20(24)15-28-17-6-8-18(9-7-17)29(25,26)23-10-12-27-13-11-23/h2-9H,10-15H2,1H3. The number of carbonyl (C=O) groups is 1. The van der Waals surface area contributed by atoms with Gasteiger partial charge in [-0.3, -0.25) is 4.79 Å². The Morgan fingerprint density at radius 2 is 1.79 bits per heavy atom. The van der Waals surface area contributed by atoms with Crippen LogP contribution in [0.2, 0.25) is 0 Å². The Morgan fingerprint density at radius 3 is 2.45 bits per heavy atom. The fourth-order valence-electron chi connectivity index (χ4n) is 2.87. The van der Waals surface area contributed by atoms with E-state index < -0.39 is 10.0 Å². The molecule has 0 spiro atoms. The van der Waals surface area contributed by atoms with Gasteiger partial charge >= 0.3 is 0 Å². The first kappa shape index (κ1) is 21.8. The maximum absolute atomic E-state index is 12.6. The molecule has 0 N–H and O–H groups in total. The Labute approximate surface area is 179 Å². The number of hydrogen-bond acceptors (Lipinski definition) is 5. The van der Waals surface area contributed by atoms with Crippen molar-refractivity contribution < 1.29 is 22.7 Å². The van der Waals surface area contributed by atoms with Gasteiger partial charge in [-0.05, 0) is 35.9 Å². The molecule has 1 saturated heterocycles. The van der Waals surface area contributed by atoms with Crippen LogP contribution in [0.3, 0.4) is 0 Å². The average Bonchev–Trinajstić information content (AvgIpc) is 2.74. The number of ether oxygens (including phenoxy) is 2. The molecular formula is C20H23BrN2O5S. The highest BCUT2D eigenvalue weighted by atomic mass is 79.9. The van der Waals surface area contributed by atoms with Crippen LogP contribution in [-0.4, -0.2) is 63.5 Å². The highest BCUT2D eigenvalue weighted by Crippen LogP contribution is 2.21. The van der Waals surface area contributed by atoms with Crippen LogP contribution in [0, 0.1) is 0 Å². The van der Waals surface area contributed by atoms with Crippen molar-refractivity contribution in [3.63, 3.8) is 0 Å². The lowest BCUT2D eigenvalue weighted by Crippen LogP contribution is -2.40. The number of nitrogens with zero attached hydrogens (tertiary/aromatic N) is 2. The number of sulfonamides is 1. The van der Waals surface area contributed by atoms with Crippen molar-refractivity contribution in [3.05, 3.63) is 58.6 Å². The predicted octanol–water partition coefficient (Wildman–Crippen LogP) is 2.51. The average molecular weight is 483 g/mol. The third-order valence-electron chi connectivity index (χ3n) is 4.58.